The van der Waals surface area contributed by atoms with Crippen molar-refractivity contribution in [1.29, 1.82) is 0 Å². The first-order valence-electron chi connectivity index (χ1n) is 6.57. The molecule has 1 aliphatic heterocycles. The number of unbranched alkanes of at least 4 members (excludes halogenated alkanes) is 5. The third kappa shape index (κ3) is 4.81. The molecule has 0 N–H and O–H groups in total. The van der Waals surface area contributed by atoms with Crippen molar-refractivity contribution >= 4 is 0 Å². The summed E-state index contributed by atoms with van der Waals surface area (Å²) in [5.41, 5.74) is 0. The van der Waals surface area contributed by atoms with Crippen molar-refractivity contribution in [2.24, 2.45) is 0 Å². The molecule has 96 valence electrons. The predicted octanol–water partition coefficient (Wildman–Crippen LogP) is 3.47. The van der Waals surface area contributed by atoms with Gasteiger partial charge in [-0.25, -0.2) is 0 Å². The van der Waals surface area contributed by atoms with Crippen LogP contribution in [0, 0.1) is 0 Å². The highest BCUT2D eigenvalue weighted by Crippen LogP contribution is 2.26. The summed E-state index contributed by atoms with van der Waals surface area (Å²) in [6.07, 6.45) is 9.25. The third-order valence-electron chi connectivity index (χ3n) is 3.16. The highest BCUT2D eigenvalue weighted by atomic mass is 16.9. The van der Waals surface area contributed by atoms with E-state index in [1.165, 1.54) is 38.5 Å². The standard InChI is InChI=1S/C13H26O3/c1-4-5-6-7-8-9-10-12-11-15-13(2,14-3)16-12/h12H,4-11H2,1-3H3. The van der Waals surface area contributed by atoms with Gasteiger partial charge < -0.3 is 14.2 Å². The minimum absolute atomic E-state index is 0.219. The molecule has 2 atom stereocenters. The van der Waals surface area contributed by atoms with E-state index in [1.807, 2.05) is 6.92 Å². The average molecular weight is 230 g/mol. The molecule has 3 nitrogen and oxygen atoms in total. The molecular weight excluding hydrogens is 204 g/mol. The fourth-order valence-electron chi connectivity index (χ4n) is 2.02. The Hall–Kier alpha value is -0.120. The normalized spacial score (nSPS) is 29.8. The van der Waals surface area contributed by atoms with E-state index in [2.05, 4.69) is 6.92 Å². The summed E-state index contributed by atoms with van der Waals surface area (Å²) in [6, 6.07) is 0. The van der Waals surface area contributed by atoms with Crippen LogP contribution in [-0.2, 0) is 14.2 Å². The molecular formula is C13H26O3. The molecule has 0 aliphatic carbocycles. The van der Waals surface area contributed by atoms with Gasteiger partial charge in [0.2, 0.25) is 0 Å². The lowest BCUT2D eigenvalue weighted by Gasteiger charge is -2.20. The zero-order chi connectivity index (χ0) is 11.9. The monoisotopic (exact) mass is 230 g/mol. The lowest BCUT2D eigenvalue weighted by molar-refractivity contribution is -0.313. The van der Waals surface area contributed by atoms with Crippen molar-refractivity contribution in [3.8, 4) is 0 Å². The Bertz CT molecular complexity index is 184. The van der Waals surface area contributed by atoms with E-state index < -0.39 is 5.97 Å². The van der Waals surface area contributed by atoms with Gasteiger partial charge in [-0.3, -0.25) is 0 Å². The second-order valence-electron chi connectivity index (χ2n) is 4.67. The first-order valence-corrected chi connectivity index (χ1v) is 6.57. The molecule has 1 rings (SSSR count). The van der Waals surface area contributed by atoms with Crippen LogP contribution < -0.4 is 0 Å². The Morgan fingerprint density at radius 3 is 2.50 bits per heavy atom. The van der Waals surface area contributed by atoms with Crippen LogP contribution in [0.3, 0.4) is 0 Å². The molecule has 1 aliphatic rings. The molecule has 0 aromatic rings. The van der Waals surface area contributed by atoms with E-state index in [1.54, 1.807) is 7.11 Å². The molecule has 16 heavy (non-hydrogen) atoms. The predicted molar refractivity (Wildman–Crippen MR) is 64.2 cm³/mol. The average Bonchev–Trinajstić information content (AvgIpc) is 2.66. The molecule has 0 aromatic heterocycles. The number of methoxy groups -OCH3 is 1. The lowest BCUT2D eigenvalue weighted by atomic mass is 10.1. The smallest absolute Gasteiger partial charge is 0.280 e. The van der Waals surface area contributed by atoms with Crippen molar-refractivity contribution in [3.63, 3.8) is 0 Å². The van der Waals surface area contributed by atoms with Crippen molar-refractivity contribution in [2.75, 3.05) is 13.7 Å². The summed E-state index contributed by atoms with van der Waals surface area (Å²) in [6.45, 7) is 4.74. The summed E-state index contributed by atoms with van der Waals surface area (Å²) < 4.78 is 16.3. The van der Waals surface area contributed by atoms with Crippen molar-refractivity contribution < 1.29 is 14.2 Å². The number of ether oxygens (including phenoxy) is 3. The van der Waals surface area contributed by atoms with Crippen LogP contribution in [0.5, 0.6) is 0 Å². The number of rotatable bonds is 8. The second kappa shape index (κ2) is 7.25. The van der Waals surface area contributed by atoms with Crippen LogP contribution in [0.25, 0.3) is 0 Å². The summed E-state index contributed by atoms with van der Waals surface area (Å²) in [5.74, 6) is -0.799. The molecule has 0 saturated carbocycles. The van der Waals surface area contributed by atoms with E-state index in [0.717, 1.165) is 6.42 Å². The van der Waals surface area contributed by atoms with Gasteiger partial charge in [-0.05, 0) is 6.42 Å². The van der Waals surface area contributed by atoms with E-state index >= 15 is 0 Å². The lowest BCUT2D eigenvalue weighted by Crippen LogP contribution is -2.28. The molecule has 3 heteroatoms. The summed E-state index contributed by atoms with van der Waals surface area (Å²) in [7, 11) is 1.62. The van der Waals surface area contributed by atoms with E-state index in [0.29, 0.717) is 6.61 Å². The van der Waals surface area contributed by atoms with Crippen LogP contribution in [0.4, 0.5) is 0 Å². The molecule has 0 aromatic carbocycles. The molecule has 1 heterocycles. The molecule has 0 radical (unpaired) electrons. The first kappa shape index (κ1) is 13.9. The van der Waals surface area contributed by atoms with Gasteiger partial charge in [0.1, 0.15) is 0 Å². The van der Waals surface area contributed by atoms with Crippen molar-refractivity contribution in [3.05, 3.63) is 0 Å². The van der Waals surface area contributed by atoms with Gasteiger partial charge in [0.25, 0.3) is 5.97 Å². The Labute approximate surface area is 99.5 Å². The molecule has 0 bridgehead atoms. The van der Waals surface area contributed by atoms with Crippen LogP contribution in [0.15, 0.2) is 0 Å². The van der Waals surface area contributed by atoms with Gasteiger partial charge >= 0.3 is 0 Å². The van der Waals surface area contributed by atoms with Crippen molar-refractivity contribution in [1.82, 2.24) is 0 Å². The fraction of sp³-hybridized carbons (Fsp3) is 1.00. The number of hydrogen-bond donors (Lipinski definition) is 0. The van der Waals surface area contributed by atoms with Gasteiger partial charge in [-0.1, -0.05) is 45.4 Å². The van der Waals surface area contributed by atoms with Gasteiger partial charge in [-0.15, -0.1) is 0 Å². The maximum atomic E-state index is 5.68. The molecule has 1 saturated heterocycles. The Morgan fingerprint density at radius 2 is 1.88 bits per heavy atom. The minimum Gasteiger partial charge on any atom is -0.331 e. The summed E-state index contributed by atoms with van der Waals surface area (Å²) in [4.78, 5) is 0. The Morgan fingerprint density at radius 1 is 1.19 bits per heavy atom. The summed E-state index contributed by atoms with van der Waals surface area (Å²) in [5, 5.41) is 0. The SMILES string of the molecule is CCCCCCCCC1COC(C)(OC)O1. The maximum Gasteiger partial charge on any atom is 0.280 e. The van der Waals surface area contributed by atoms with E-state index in [-0.39, 0.29) is 6.10 Å². The van der Waals surface area contributed by atoms with Gasteiger partial charge in [0.15, 0.2) is 0 Å². The van der Waals surface area contributed by atoms with Crippen LogP contribution >= 0.6 is 0 Å². The van der Waals surface area contributed by atoms with Crippen LogP contribution in [-0.4, -0.2) is 25.8 Å². The second-order valence-corrected chi connectivity index (χ2v) is 4.67. The van der Waals surface area contributed by atoms with E-state index in [9.17, 15) is 0 Å². The molecule has 2 unspecified atom stereocenters. The van der Waals surface area contributed by atoms with Gasteiger partial charge in [0, 0.05) is 14.0 Å². The molecule has 0 amide bonds. The van der Waals surface area contributed by atoms with Crippen LogP contribution in [0.1, 0.15) is 58.8 Å². The highest BCUT2D eigenvalue weighted by Gasteiger charge is 2.36. The zero-order valence-corrected chi connectivity index (χ0v) is 11.0. The molecule has 1 fully saturated rings. The third-order valence-corrected chi connectivity index (χ3v) is 3.16. The fourth-order valence-corrected chi connectivity index (χ4v) is 2.02. The maximum absolute atomic E-state index is 5.68. The number of hydrogen-bond acceptors (Lipinski definition) is 3. The van der Waals surface area contributed by atoms with Gasteiger partial charge in [-0.2, -0.15) is 0 Å². The quantitative estimate of drug-likeness (QED) is 0.597. The van der Waals surface area contributed by atoms with E-state index in [4.69, 9.17) is 14.2 Å². The van der Waals surface area contributed by atoms with Crippen LogP contribution in [0.2, 0.25) is 0 Å². The highest BCUT2D eigenvalue weighted by molar-refractivity contribution is 4.67. The van der Waals surface area contributed by atoms with Gasteiger partial charge in [0.05, 0.1) is 12.7 Å². The molecule has 0 spiro atoms. The zero-order valence-electron chi connectivity index (χ0n) is 11.0. The topological polar surface area (TPSA) is 27.7 Å². The minimum atomic E-state index is -0.799. The first-order chi connectivity index (χ1) is 7.70. The Balaban J connectivity index is 1.98. The van der Waals surface area contributed by atoms with Crippen molar-refractivity contribution in [2.45, 2.75) is 70.9 Å². The summed E-state index contributed by atoms with van der Waals surface area (Å²) >= 11 is 0. The Kier molecular flexibility index (Phi) is 6.32. The largest absolute Gasteiger partial charge is 0.331 e.